The summed E-state index contributed by atoms with van der Waals surface area (Å²) in [7, 11) is 0. The topological polar surface area (TPSA) is 24.1 Å². The molecule has 0 spiro atoms. The maximum absolute atomic E-state index is 5.90. The third-order valence-corrected chi connectivity index (χ3v) is 3.12. The predicted molar refractivity (Wildman–Crippen MR) is 66.0 cm³/mol. The van der Waals surface area contributed by atoms with Gasteiger partial charge in [0.15, 0.2) is 0 Å². The van der Waals surface area contributed by atoms with Gasteiger partial charge >= 0.3 is 0 Å². The first-order chi connectivity index (χ1) is 7.25. The number of hydrogen-bond donors (Lipinski definition) is 2. The molecule has 4 heteroatoms. The first kappa shape index (κ1) is 11.1. The van der Waals surface area contributed by atoms with E-state index in [-0.39, 0.29) is 0 Å². The lowest BCUT2D eigenvalue weighted by molar-refractivity contribution is 0.701. The number of nitrogens with one attached hydrogen (secondary N) is 2. The van der Waals surface area contributed by atoms with Gasteiger partial charge in [-0.25, -0.2) is 0 Å². The summed E-state index contributed by atoms with van der Waals surface area (Å²) in [6.07, 6.45) is 2.65. The van der Waals surface area contributed by atoms with Crippen molar-refractivity contribution in [1.82, 2.24) is 5.32 Å². The quantitative estimate of drug-likeness (QED) is 0.778. The Morgan fingerprint density at radius 3 is 2.60 bits per heavy atom. The number of anilines is 1. The second-order valence-electron chi connectivity index (χ2n) is 3.78. The van der Waals surface area contributed by atoms with Gasteiger partial charge in [-0.1, -0.05) is 23.2 Å². The Morgan fingerprint density at radius 1 is 1.13 bits per heavy atom. The van der Waals surface area contributed by atoms with E-state index in [2.05, 4.69) is 10.6 Å². The van der Waals surface area contributed by atoms with E-state index in [9.17, 15) is 0 Å². The average Bonchev–Trinajstić information content (AvgIpc) is 3.02. The molecule has 0 atom stereocenters. The molecule has 1 aliphatic rings. The summed E-state index contributed by atoms with van der Waals surface area (Å²) in [5.74, 6) is 0. The second kappa shape index (κ2) is 5.06. The van der Waals surface area contributed by atoms with E-state index in [0.717, 1.165) is 24.8 Å². The molecule has 2 rings (SSSR count). The third kappa shape index (κ3) is 3.56. The molecule has 1 aliphatic carbocycles. The van der Waals surface area contributed by atoms with E-state index in [0.29, 0.717) is 10.0 Å². The normalized spacial score (nSPS) is 15.3. The van der Waals surface area contributed by atoms with Gasteiger partial charge in [-0.05, 0) is 31.0 Å². The molecule has 15 heavy (non-hydrogen) atoms. The minimum absolute atomic E-state index is 0.594. The molecule has 0 aromatic heterocycles. The molecule has 0 bridgehead atoms. The Morgan fingerprint density at radius 2 is 1.93 bits per heavy atom. The molecule has 1 aromatic carbocycles. The van der Waals surface area contributed by atoms with Gasteiger partial charge in [0.1, 0.15) is 0 Å². The summed E-state index contributed by atoms with van der Waals surface area (Å²) in [6, 6.07) is 6.35. The van der Waals surface area contributed by atoms with Crippen LogP contribution in [0.5, 0.6) is 0 Å². The number of benzene rings is 1. The van der Waals surface area contributed by atoms with E-state index in [1.807, 2.05) is 12.1 Å². The van der Waals surface area contributed by atoms with E-state index >= 15 is 0 Å². The fraction of sp³-hybridized carbons (Fsp3) is 0.455. The molecule has 1 fully saturated rings. The predicted octanol–water partition coefficient (Wildman–Crippen LogP) is 3.16. The minimum atomic E-state index is 0.594. The van der Waals surface area contributed by atoms with Crippen molar-refractivity contribution >= 4 is 28.9 Å². The third-order valence-electron chi connectivity index (χ3n) is 2.38. The van der Waals surface area contributed by atoms with Crippen LogP contribution in [0.4, 0.5) is 5.69 Å². The molecule has 0 saturated heterocycles. The molecule has 1 saturated carbocycles. The first-order valence-corrected chi connectivity index (χ1v) is 5.93. The number of rotatable bonds is 5. The zero-order valence-corrected chi connectivity index (χ0v) is 9.91. The summed E-state index contributed by atoms with van der Waals surface area (Å²) >= 11 is 11.7. The van der Waals surface area contributed by atoms with Crippen molar-refractivity contribution in [2.75, 3.05) is 18.4 Å². The molecule has 0 unspecified atom stereocenters. The van der Waals surface area contributed by atoms with Crippen molar-refractivity contribution < 1.29 is 0 Å². The maximum atomic E-state index is 5.90. The standard InChI is InChI=1S/C11H14Cl2N2/c12-10-4-3-9(7-11(10)13)15-6-5-14-8-1-2-8/h3-4,7-8,14-15H,1-2,5-6H2. The Hall–Kier alpha value is -0.440. The zero-order valence-electron chi connectivity index (χ0n) is 8.39. The zero-order chi connectivity index (χ0) is 10.7. The highest BCUT2D eigenvalue weighted by Gasteiger charge is 2.19. The van der Waals surface area contributed by atoms with Crippen molar-refractivity contribution in [2.45, 2.75) is 18.9 Å². The van der Waals surface area contributed by atoms with Gasteiger partial charge in [-0.15, -0.1) is 0 Å². The Bertz CT molecular complexity index is 337. The molecule has 0 radical (unpaired) electrons. The first-order valence-electron chi connectivity index (χ1n) is 5.18. The van der Waals surface area contributed by atoms with Crippen LogP contribution >= 0.6 is 23.2 Å². The van der Waals surface area contributed by atoms with E-state index in [1.54, 1.807) is 6.07 Å². The molecule has 2 nitrogen and oxygen atoms in total. The van der Waals surface area contributed by atoms with Gasteiger partial charge in [0.25, 0.3) is 0 Å². The second-order valence-corrected chi connectivity index (χ2v) is 4.60. The summed E-state index contributed by atoms with van der Waals surface area (Å²) < 4.78 is 0. The van der Waals surface area contributed by atoms with Crippen LogP contribution in [0.3, 0.4) is 0 Å². The fourth-order valence-electron chi connectivity index (χ4n) is 1.38. The minimum Gasteiger partial charge on any atom is -0.384 e. The Kier molecular flexibility index (Phi) is 3.73. The number of hydrogen-bond acceptors (Lipinski definition) is 2. The van der Waals surface area contributed by atoms with Gasteiger partial charge in [0.05, 0.1) is 10.0 Å². The lowest BCUT2D eigenvalue weighted by atomic mass is 10.3. The van der Waals surface area contributed by atoms with Gasteiger partial charge in [-0.3, -0.25) is 0 Å². The lowest BCUT2D eigenvalue weighted by Crippen LogP contribution is -2.23. The molecular weight excluding hydrogens is 231 g/mol. The van der Waals surface area contributed by atoms with Crippen molar-refractivity contribution in [2.24, 2.45) is 0 Å². The maximum Gasteiger partial charge on any atom is 0.0612 e. The largest absolute Gasteiger partial charge is 0.384 e. The van der Waals surface area contributed by atoms with Crippen LogP contribution in [0, 0.1) is 0 Å². The van der Waals surface area contributed by atoms with E-state index in [1.165, 1.54) is 12.8 Å². The van der Waals surface area contributed by atoms with Crippen LogP contribution in [-0.4, -0.2) is 19.1 Å². The highest BCUT2D eigenvalue weighted by atomic mass is 35.5. The molecule has 82 valence electrons. The Balaban J connectivity index is 1.74. The van der Waals surface area contributed by atoms with Gasteiger partial charge in [-0.2, -0.15) is 0 Å². The van der Waals surface area contributed by atoms with Crippen LogP contribution < -0.4 is 10.6 Å². The van der Waals surface area contributed by atoms with Gasteiger partial charge in [0.2, 0.25) is 0 Å². The van der Waals surface area contributed by atoms with Crippen LogP contribution in [0.1, 0.15) is 12.8 Å². The highest BCUT2D eigenvalue weighted by molar-refractivity contribution is 6.42. The van der Waals surface area contributed by atoms with Crippen molar-refractivity contribution in [3.05, 3.63) is 28.2 Å². The van der Waals surface area contributed by atoms with Crippen LogP contribution in [-0.2, 0) is 0 Å². The monoisotopic (exact) mass is 244 g/mol. The van der Waals surface area contributed by atoms with Crippen molar-refractivity contribution in [1.29, 1.82) is 0 Å². The summed E-state index contributed by atoms with van der Waals surface area (Å²) in [5.41, 5.74) is 1.02. The molecule has 0 aliphatic heterocycles. The van der Waals surface area contributed by atoms with Gasteiger partial charge in [0, 0.05) is 24.8 Å². The van der Waals surface area contributed by atoms with Crippen LogP contribution in [0.2, 0.25) is 10.0 Å². The Labute approximate surface area is 100.0 Å². The lowest BCUT2D eigenvalue weighted by Gasteiger charge is -2.07. The van der Waals surface area contributed by atoms with Crippen molar-refractivity contribution in [3.8, 4) is 0 Å². The van der Waals surface area contributed by atoms with Crippen LogP contribution in [0.25, 0.3) is 0 Å². The summed E-state index contributed by atoms with van der Waals surface area (Å²) in [6.45, 7) is 1.90. The van der Waals surface area contributed by atoms with Crippen LogP contribution in [0.15, 0.2) is 18.2 Å². The molecule has 0 heterocycles. The van der Waals surface area contributed by atoms with E-state index in [4.69, 9.17) is 23.2 Å². The SMILES string of the molecule is Clc1ccc(NCCNC2CC2)cc1Cl. The molecule has 1 aromatic rings. The molecule has 0 amide bonds. The smallest absolute Gasteiger partial charge is 0.0612 e. The van der Waals surface area contributed by atoms with E-state index < -0.39 is 0 Å². The fourth-order valence-corrected chi connectivity index (χ4v) is 1.67. The number of halogens is 2. The van der Waals surface area contributed by atoms with Crippen molar-refractivity contribution in [3.63, 3.8) is 0 Å². The highest BCUT2D eigenvalue weighted by Crippen LogP contribution is 2.24. The molecular formula is C11H14Cl2N2. The average molecular weight is 245 g/mol. The summed E-state index contributed by atoms with van der Waals surface area (Å²) in [4.78, 5) is 0. The summed E-state index contributed by atoms with van der Waals surface area (Å²) in [5, 5.41) is 7.91. The van der Waals surface area contributed by atoms with Gasteiger partial charge < -0.3 is 10.6 Å². The molecule has 2 N–H and O–H groups in total.